The van der Waals surface area contributed by atoms with Crippen LogP contribution in [0.15, 0.2) is 101 Å². The Labute approximate surface area is 745 Å². The van der Waals surface area contributed by atoms with Crippen molar-refractivity contribution in [2.24, 2.45) is 136 Å². The fraction of sp³-hybridized carbons (Fsp3) is 0.769. The second-order valence-corrected chi connectivity index (χ2v) is 48.5. The molecule has 12 unspecified atom stereocenters. The van der Waals surface area contributed by atoms with E-state index in [1.807, 2.05) is 60.3 Å². The van der Waals surface area contributed by atoms with Crippen molar-refractivity contribution in [1.82, 2.24) is 0 Å². The van der Waals surface area contributed by atoms with E-state index < -0.39 is 40.7 Å². The molecule has 22 aliphatic rings. The predicted octanol–water partition coefficient (Wildman–Crippen LogP) is 21.3. The van der Waals surface area contributed by atoms with Crippen LogP contribution in [0.5, 0.6) is 0 Å². The quantitative estimate of drug-likeness (QED) is 0.0437. The molecule has 2 aliphatic heterocycles. The highest BCUT2D eigenvalue weighted by atomic mass is 32.1. The van der Waals surface area contributed by atoms with Gasteiger partial charge in [-0.1, -0.05) is 119 Å². The van der Waals surface area contributed by atoms with Crippen LogP contribution in [0.4, 0.5) is 0 Å². The Balaban J connectivity index is 0.000000112. The summed E-state index contributed by atoms with van der Waals surface area (Å²) in [5.41, 5.74) is 3.01. The molecule has 25 rings (SSSR count). The summed E-state index contributed by atoms with van der Waals surface area (Å²) in [6, 6.07) is 11.1. The molecule has 20 saturated carbocycles. The molecular formula is C104H146O16S3. The first-order chi connectivity index (χ1) is 58.4. The van der Waals surface area contributed by atoms with Gasteiger partial charge in [-0.25, -0.2) is 14.4 Å². The molecule has 2 saturated heterocycles. The molecule has 4 spiro atoms. The number of carbonyl (C=O) groups is 4. The average molecular weight is 1750 g/mol. The number of hydrogen-bond donors (Lipinski definition) is 5. The first-order valence-corrected chi connectivity index (χ1v) is 51.0. The van der Waals surface area contributed by atoms with Gasteiger partial charge in [-0.15, -0.1) is 34.0 Å². The molecule has 0 amide bonds. The summed E-state index contributed by atoms with van der Waals surface area (Å²) >= 11 is 4.28. The number of ketones is 1. The van der Waals surface area contributed by atoms with Crippen LogP contribution in [0.2, 0.25) is 0 Å². The highest BCUT2D eigenvalue weighted by Crippen LogP contribution is 2.80. The zero-order chi connectivity index (χ0) is 87.2. The van der Waals surface area contributed by atoms with Crippen molar-refractivity contribution in [2.45, 2.75) is 330 Å². The van der Waals surface area contributed by atoms with Gasteiger partial charge in [-0.05, 0) is 350 Å². The van der Waals surface area contributed by atoms with Gasteiger partial charge in [0.25, 0.3) is 0 Å². The minimum absolute atomic E-state index is 0.0244. The number of allylic oxidation sites excluding steroid dienone is 1. The number of fused-ring (bicyclic) bond motifs is 10. The smallest absolute Gasteiger partial charge is 0.348 e. The predicted molar refractivity (Wildman–Crippen MR) is 479 cm³/mol. The monoisotopic (exact) mass is 1750 g/mol. The molecule has 3 aromatic heterocycles. The van der Waals surface area contributed by atoms with Gasteiger partial charge in [0.2, 0.25) is 0 Å². The number of carbonyl (C=O) groups excluding carboxylic acids is 4. The SMILES string of the molecule is C=C1C(=O)[C@]23CCC1CC2[C@]1(CC)CCC[C@@](C)(COC(=O)c2cccs2)C1C[C@H]3O.C=C1C2CC[C@@]34C(C2)[C@]2(CC)CCC[C@@](C)(COC(=O)c5cccs5)C2C[C@H]3OC(C)(C)O[C@@H]14.C=C1C2CC[C@@]34C(C2)[C@]2(CO)CCC[C@@](C)(CO)C2C[C@H]3OC(C)(C)O[C@@H]14.C=C1C2CC[C@]3(C(C2)[C@]2(CC)CCC[C@@](C)(COC(=O)c4cccs4)C2C[C@H]3O)[C@H]1O. The Morgan fingerprint density at radius 2 is 0.764 bits per heavy atom. The number of aliphatic hydroxyl groups excluding tert-OH is 5. The lowest BCUT2D eigenvalue weighted by Gasteiger charge is -2.74. The lowest BCUT2D eigenvalue weighted by molar-refractivity contribution is -0.397. The molecule has 19 heteroatoms. The number of esters is 3. The normalized spacial score (nSPS) is 47.8. The van der Waals surface area contributed by atoms with Gasteiger partial charge in [0.15, 0.2) is 17.4 Å². The van der Waals surface area contributed by atoms with Gasteiger partial charge in [0.1, 0.15) is 14.6 Å². The van der Waals surface area contributed by atoms with Crippen molar-refractivity contribution in [3.63, 3.8) is 0 Å². The van der Waals surface area contributed by atoms with Crippen LogP contribution in [0.1, 0.15) is 304 Å². The molecule has 16 nitrogen and oxygen atoms in total. The van der Waals surface area contributed by atoms with Crippen LogP contribution < -0.4 is 0 Å². The van der Waals surface area contributed by atoms with E-state index >= 15 is 0 Å². The average Bonchev–Trinajstić information content (AvgIpc) is 1.17. The van der Waals surface area contributed by atoms with Crippen LogP contribution in [-0.4, -0.2) is 137 Å². The minimum Gasteiger partial charge on any atom is -0.461 e. The Hall–Kier alpha value is -4.22. The van der Waals surface area contributed by atoms with Gasteiger partial charge in [-0.2, -0.15) is 0 Å². The lowest BCUT2D eigenvalue weighted by atomic mass is 9.34. The molecule has 0 aromatic carbocycles. The van der Waals surface area contributed by atoms with E-state index in [0.29, 0.717) is 101 Å². The van der Waals surface area contributed by atoms with Gasteiger partial charge < -0.3 is 58.7 Å². The van der Waals surface area contributed by atoms with Crippen molar-refractivity contribution in [3.8, 4) is 0 Å². The molecule has 8 bridgehead atoms. The molecular weight excluding hydrogens is 1600 g/mol. The number of rotatable bonds is 14. The van der Waals surface area contributed by atoms with E-state index in [9.17, 15) is 44.7 Å². The van der Waals surface area contributed by atoms with Gasteiger partial charge in [-0.3, -0.25) is 4.79 Å². The third-order valence-corrected chi connectivity index (χ3v) is 42.9. The molecule has 31 atom stereocenters. The Morgan fingerprint density at radius 1 is 0.407 bits per heavy atom. The van der Waals surface area contributed by atoms with Crippen LogP contribution >= 0.6 is 34.0 Å². The van der Waals surface area contributed by atoms with E-state index in [2.05, 4.69) is 88.6 Å². The largest absolute Gasteiger partial charge is 0.461 e. The standard InChI is InChI=1S/C29H40O4S.C26H36O4S.C26H34O4S.C23H36O4/c1-6-28-12-8-11-27(5,17-31-25(30)20-9-7-14-34-20)21(28)16-23-29-13-10-19(15-22(28)29)18(2)24(29)33-26(3,4)32-23;2*1-4-25-10-6-9-24(3,15-30-23(29)18-7-5-12-31-18)19(25)14-21(27)26-11-8-17(13-20(25)26)16(2)22(26)28;1-14-15-6-9-23-17(10-15)22(13-25)8-5-7-21(4,12-24)16(22)11-18(23)26-20(2,3)27-19(14)23/h7,9,14,19,21-24H,2,6,8,10-13,15-17H2,1,3-5H3;5,7,12,17,19-22,27-28H,2,4,6,8-11,13-15H2,1,3H3;5,7,12,17,19-21,27H,2,4,6,8-11,13-15H2,1,3H3;15-19,24-25H,1,5-13H2,2-4H3/t19?,21?,22?,23-,24+,27+,28-,29-;17?,19?,20?,21-,22+,24+,25-,26-;17?,19?,20?,21-,24+,25-,26-;15?,16?,17?,18-,19+,21+,22+,23-/m1111/s1. The third kappa shape index (κ3) is 13.2. The maximum atomic E-state index is 13.5. The molecule has 5 N–H and O–H groups in total. The lowest BCUT2D eigenvalue weighted by Crippen LogP contribution is -2.75. The summed E-state index contributed by atoms with van der Waals surface area (Å²) in [5, 5.41) is 61.3. The van der Waals surface area contributed by atoms with Crippen molar-refractivity contribution in [3.05, 3.63) is 116 Å². The van der Waals surface area contributed by atoms with Crippen molar-refractivity contribution < 1.29 is 77.9 Å². The first kappa shape index (κ1) is 89.4. The second-order valence-electron chi connectivity index (χ2n) is 45.6. The Kier molecular flexibility index (Phi) is 23.1. The van der Waals surface area contributed by atoms with E-state index in [0.717, 1.165) is 152 Å². The maximum Gasteiger partial charge on any atom is 0.348 e. The number of aliphatic hydroxyl groups is 5. The highest BCUT2D eigenvalue weighted by Gasteiger charge is 2.78. The highest BCUT2D eigenvalue weighted by molar-refractivity contribution is 7.12. The summed E-state index contributed by atoms with van der Waals surface area (Å²) in [4.78, 5) is 53.3. The van der Waals surface area contributed by atoms with Crippen LogP contribution in [0.25, 0.3) is 0 Å². The summed E-state index contributed by atoms with van der Waals surface area (Å²) in [6.45, 7) is 43.5. The zero-order valence-corrected chi connectivity index (χ0v) is 78.4. The van der Waals surface area contributed by atoms with E-state index in [-0.39, 0.29) is 133 Å². The molecule has 22 fully saturated rings. The molecule has 20 aliphatic carbocycles. The van der Waals surface area contributed by atoms with Crippen molar-refractivity contribution in [1.29, 1.82) is 0 Å². The maximum absolute atomic E-state index is 13.5. The summed E-state index contributed by atoms with van der Waals surface area (Å²) < 4.78 is 44.4. The number of ether oxygens (including phenoxy) is 7. The van der Waals surface area contributed by atoms with Gasteiger partial charge >= 0.3 is 17.9 Å². The molecule has 5 heterocycles. The topological polar surface area (TPSA) is 234 Å². The Morgan fingerprint density at radius 3 is 1.18 bits per heavy atom. The third-order valence-electron chi connectivity index (χ3n) is 40.4. The van der Waals surface area contributed by atoms with E-state index in [4.69, 9.17) is 33.2 Å². The summed E-state index contributed by atoms with van der Waals surface area (Å²) in [7, 11) is 0. The number of Topliss-reactive ketones (excluding diaryl/α,β-unsaturated/α-hetero) is 1. The van der Waals surface area contributed by atoms with E-state index in [1.165, 1.54) is 90.1 Å². The van der Waals surface area contributed by atoms with Crippen molar-refractivity contribution >= 4 is 57.7 Å². The minimum atomic E-state index is -0.635. The molecule has 676 valence electrons. The van der Waals surface area contributed by atoms with Gasteiger partial charge in [0.05, 0.1) is 68.0 Å². The second kappa shape index (κ2) is 31.8. The summed E-state index contributed by atoms with van der Waals surface area (Å²) in [5.74, 6) is 2.86. The van der Waals surface area contributed by atoms with E-state index in [1.54, 1.807) is 6.07 Å². The first-order valence-electron chi connectivity index (χ1n) is 48.3. The molecule has 3 aromatic rings. The van der Waals surface area contributed by atoms with Gasteiger partial charge in [0, 0.05) is 51.1 Å². The summed E-state index contributed by atoms with van der Waals surface area (Å²) in [6.07, 6.45) is 31.4. The molecule has 0 radical (unpaired) electrons. The zero-order valence-electron chi connectivity index (χ0n) is 75.9. The number of thiophene rings is 3. The van der Waals surface area contributed by atoms with Crippen LogP contribution in [0, 0.1) is 136 Å². The Bertz CT molecular complexity index is 4530. The van der Waals surface area contributed by atoms with Crippen molar-refractivity contribution in [2.75, 3.05) is 33.0 Å². The fourth-order valence-corrected chi connectivity index (χ4v) is 36.8. The van der Waals surface area contributed by atoms with Crippen LogP contribution in [-0.2, 0) is 38.0 Å². The fourth-order valence-electron chi connectivity index (χ4n) is 34.9. The number of hydrogen-bond acceptors (Lipinski definition) is 19. The molecule has 123 heavy (non-hydrogen) atoms. The van der Waals surface area contributed by atoms with Crippen LogP contribution in [0.3, 0.4) is 0 Å².